The normalized spacial score (nSPS) is 13.7. The van der Waals surface area contributed by atoms with E-state index in [1.807, 2.05) is 27.0 Å². The van der Waals surface area contributed by atoms with Crippen LogP contribution in [-0.4, -0.2) is 28.1 Å². The quantitative estimate of drug-likeness (QED) is 0.931. The second-order valence-corrected chi connectivity index (χ2v) is 6.27. The zero-order chi connectivity index (χ0) is 17.4. The Hall–Kier alpha value is -2.63. The van der Waals surface area contributed by atoms with E-state index in [4.69, 9.17) is 5.73 Å². The number of fused-ring (bicyclic) bond motifs is 1. The highest BCUT2D eigenvalue weighted by Crippen LogP contribution is 2.30. The van der Waals surface area contributed by atoms with Crippen molar-refractivity contribution in [3.63, 3.8) is 0 Å². The van der Waals surface area contributed by atoms with Crippen molar-refractivity contribution in [1.82, 2.24) is 9.78 Å². The zero-order valence-corrected chi connectivity index (χ0v) is 14.3. The molecule has 0 unspecified atom stereocenters. The monoisotopic (exact) mass is 326 g/mol. The van der Waals surface area contributed by atoms with Crippen molar-refractivity contribution in [3.05, 3.63) is 46.3 Å². The smallest absolute Gasteiger partial charge is 0.249 e. The molecule has 2 aromatic rings. The minimum absolute atomic E-state index is 0.0248. The Labute approximate surface area is 141 Å². The average Bonchev–Trinajstić information content (AvgIpc) is 2.79. The number of rotatable bonds is 3. The Morgan fingerprint density at radius 2 is 2.04 bits per heavy atom. The summed E-state index contributed by atoms with van der Waals surface area (Å²) in [5.74, 6) is -0.420. The van der Waals surface area contributed by atoms with Crippen LogP contribution < -0.4 is 10.6 Å². The first kappa shape index (κ1) is 16.2. The van der Waals surface area contributed by atoms with Crippen molar-refractivity contribution < 1.29 is 9.59 Å². The number of aromatic nitrogens is 2. The predicted molar refractivity (Wildman–Crippen MR) is 92.0 cm³/mol. The lowest BCUT2D eigenvalue weighted by molar-refractivity contribution is -0.118. The van der Waals surface area contributed by atoms with Crippen LogP contribution in [0.2, 0.25) is 0 Å². The van der Waals surface area contributed by atoms with Gasteiger partial charge in [0.25, 0.3) is 0 Å². The summed E-state index contributed by atoms with van der Waals surface area (Å²) in [4.78, 5) is 26.3. The Balaban J connectivity index is 1.93. The van der Waals surface area contributed by atoms with Crippen LogP contribution in [0.5, 0.6) is 0 Å². The standard InChI is InChI=1S/C18H22N4O2/c1-11-15(12(2)21(3)20-11)10-17(23)22-9-5-7-13-14(18(19)24)6-4-8-16(13)22/h4,6,8H,5,7,9-10H2,1-3H3,(H2,19,24). The van der Waals surface area contributed by atoms with Gasteiger partial charge in [0, 0.05) is 36.1 Å². The van der Waals surface area contributed by atoms with Gasteiger partial charge in [-0.05, 0) is 44.4 Å². The van der Waals surface area contributed by atoms with E-state index in [2.05, 4.69) is 5.10 Å². The van der Waals surface area contributed by atoms with E-state index in [9.17, 15) is 9.59 Å². The molecule has 0 spiro atoms. The molecule has 0 saturated heterocycles. The minimum atomic E-state index is -0.444. The Bertz CT molecular complexity index is 823. The molecule has 24 heavy (non-hydrogen) atoms. The van der Waals surface area contributed by atoms with Crippen molar-refractivity contribution in [1.29, 1.82) is 0 Å². The van der Waals surface area contributed by atoms with Crippen LogP contribution in [0.25, 0.3) is 0 Å². The van der Waals surface area contributed by atoms with Gasteiger partial charge in [0.1, 0.15) is 0 Å². The number of benzene rings is 1. The van der Waals surface area contributed by atoms with Gasteiger partial charge in [-0.15, -0.1) is 0 Å². The molecule has 6 heteroatoms. The summed E-state index contributed by atoms with van der Waals surface area (Å²) in [6, 6.07) is 5.40. The van der Waals surface area contributed by atoms with Crippen LogP contribution in [0.15, 0.2) is 18.2 Å². The minimum Gasteiger partial charge on any atom is -0.366 e. The molecule has 0 fully saturated rings. The van der Waals surface area contributed by atoms with Crippen molar-refractivity contribution in [2.75, 3.05) is 11.4 Å². The number of nitrogens with zero attached hydrogens (tertiary/aromatic N) is 3. The number of nitrogens with two attached hydrogens (primary N) is 1. The first-order valence-electron chi connectivity index (χ1n) is 8.11. The van der Waals surface area contributed by atoms with Crippen LogP contribution in [0.3, 0.4) is 0 Å². The van der Waals surface area contributed by atoms with Crippen molar-refractivity contribution in [2.24, 2.45) is 12.8 Å². The van der Waals surface area contributed by atoms with E-state index < -0.39 is 5.91 Å². The maximum Gasteiger partial charge on any atom is 0.249 e. The Morgan fingerprint density at radius 1 is 1.29 bits per heavy atom. The molecule has 0 saturated carbocycles. The molecule has 1 aliphatic heterocycles. The first-order chi connectivity index (χ1) is 11.4. The number of hydrogen-bond acceptors (Lipinski definition) is 3. The van der Waals surface area contributed by atoms with Gasteiger partial charge in [0.05, 0.1) is 12.1 Å². The van der Waals surface area contributed by atoms with Gasteiger partial charge in [-0.1, -0.05) is 6.07 Å². The highest BCUT2D eigenvalue weighted by Gasteiger charge is 2.26. The molecule has 2 N–H and O–H groups in total. The fourth-order valence-corrected chi connectivity index (χ4v) is 3.43. The van der Waals surface area contributed by atoms with Crippen molar-refractivity contribution in [2.45, 2.75) is 33.1 Å². The summed E-state index contributed by atoms with van der Waals surface area (Å²) >= 11 is 0. The van der Waals surface area contributed by atoms with E-state index in [0.717, 1.165) is 41.0 Å². The fraction of sp³-hybridized carbons (Fsp3) is 0.389. The molecular weight excluding hydrogens is 304 g/mol. The average molecular weight is 326 g/mol. The number of amides is 2. The van der Waals surface area contributed by atoms with Crippen LogP contribution in [0, 0.1) is 13.8 Å². The maximum atomic E-state index is 12.9. The molecular formula is C18H22N4O2. The molecule has 126 valence electrons. The molecule has 1 aromatic carbocycles. The molecule has 1 aliphatic rings. The molecule has 0 radical (unpaired) electrons. The van der Waals surface area contributed by atoms with E-state index in [1.165, 1.54) is 0 Å². The lowest BCUT2D eigenvalue weighted by Gasteiger charge is -2.30. The second kappa shape index (κ2) is 6.11. The highest BCUT2D eigenvalue weighted by atomic mass is 16.2. The largest absolute Gasteiger partial charge is 0.366 e. The zero-order valence-electron chi connectivity index (χ0n) is 14.3. The summed E-state index contributed by atoms with van der Waals surface area (Å²) < 4.78 is 1.80. The van der Waals surface area contributed by atoms with Crippen molar-refractivity contribution in [3.8, 4) is 0 Å². The van der Waals surface area contributed by atoms with E-state index in [-0.39, 0.29) is 5.91 Å². The van der Waals surface area contributed by atoms with E-state index >= 15 is 0 Å². The molecule has 1 aromatic heterocycles. The number of anilines is 1. The molecule has 0 aliphatic carbocycles. The molecule has 3 rings (SSSR count). The third kappa shape index (κ3) is 2.68. The highest BCUT2D eigenvalue weighted by molar-refractivity contribution is 6.00. The number of hydrogen-bond donors (Lipinski definition) is 1. The number of carbonyl (C=O) groups excluding carboxylic acids is 2. The molecule has 0 bridgehead atoms. The second-order valence-electron chi connectivity index (χ2n) is 6.27. The Morgan fingerprint density at radius 3 is 2.67 bits per heavy atom. The summed E-state index contributed by atoms with van der Waals surface area (Å²) in [5.41, 5.74) is 10.5. The Kier molecular flexibility index (Phi) is 4.13. The first-order valence-corrected chi connectivity index (χ1v) is 8.11. The molecule has 0 atom stereocenters. The van der Waals surface area contributed by atoms with Crippen LogP contribution in [0.1, 0.15) is 39.3 Å². The summed E-state index contributed by atoms with van der Waals surface area (Å²) in [6.07, 6.45) is 1.91. The molecule has 6 nitrogen and oxygen atoms in total. The number of carbonyl (C=O) groups is 2. The van der Waals surface area contributed by atoms with Gasteiger partial charge in [0.2, 0.25) is 11.8 Å². The van der Waals surface area contributed by atoms with E-state index in [0.29, 0.717) is 18.5 Å². The third-order valence-electron chi connectivity index (χ3n) is 4.80. The predicted octanol–water partition coefficient (Wildman–Crippen LogP) is 1.66. The lowest BCUT2D eigenvalue weighted by Crippen LogP contribution is -2.37. The number of primary amides is 1. The van der Waals surface area contributed by atoms with Gasteiger partial charge < -0.3 is 10.6 Å². The van der Waals surface area contributed by atoms with Gasteiger partial charge in [-0.3, -0.25) is 14.3 Å². The fourth-order valence-electron chi connectivity index (χ4n) is 3.43. The van der Waals surface area contributed by atoms with Gasteiger partial charge in [-0.25, -0.2) is 0 Å². The van der Waals surface area contributed by atoms with Gasteiger partial charge in [-0.2, -0.15) is 5.10 Å². The molecule has 2 amide bonds. The summed E-state index contributed by atoms with van der Waals surface area (Å²) in [7, 11) is 1.88. The third-order valence-corrected chi connectivity index (χ3v) is 4.80. The van der Waals surface area contributed by atoms with Gasteiger partial charge in [0.15, 0.2) is 0 Å². The van der Waals surface area contributed by atoms with Crippen LogP contribution in [0.4, 0.5) is 5.69 Å². The van der Waals surface area contributed by atoms with Crippen molar-refractivity contribution >= 4 is 17.5 Å². The summed E-state index contributed by atoms with van der Waals surface area (Å²) in [5, 5.41) is 4.38. The summed E-state index contributed by atoms with van der Waals surface area (Å²) in [6.45, 7) is 4.55. The van der Waals surface area contributed by atoms with E-state index in [1.54, 1.807) is 21.7 Å². The maximum absolute atomic E-state index is 12.9. The van der Waals surface area contributed by atoms with Gasteiger partial charge >= 0.3 is 0 Å². The van der Waals surface area contributed by atoms with Crippen LogP contribution in [-0.2, 0) is 24.7 Å². The topological polar surface area (TPSA) is 81.2 Å². The SMILES string of the molecule is Cc1nn(C)c(C)c1CC(=O)N1CCCc2c(C(N)=O)cccc21. The molecule has 2 heterocycles. The van der Waals surface area contributed by atoms with Crippen LogP contribution >= 0.6 is 0 Å². The number of aryl methyl sites for hydroxylation is 2. The lowest BCUT2D eigenvalue weighted by atomic mass is 9.95.